The molecule has 1 nitrogen and oxygen atoms in total. The molecule has 116 valence electrons. The first-order valence-electron chi connectivity index (χ1n) is 8.10. The van der Waals surface area contributed by atoms with E-state index in [1.54, 1.807) is 0 Å². The largest absolute Gasteiger partial charge is 0.309 e. The first kappa shape index (κ1) is 15.4. The molecule has 3 rings (SSSR count). The van der Waals surface area contributed by atoms with Crippen LogP contribution in [0.4, 0.5) is 0 Å². The summed E-state index contributed by atoms with van der Waals surface area (Å²) in [5, 5.41) is 1.30. The molecule has 2 aromatic carbocycles. The number of aryl methyl sites for hydroxylation is 1. The van der Waals surface area contributed by atoms with Crippen molar-refractivity contribution in [2.24, 2.45) is 0 Å². The van der Waals surface area contributed by atoms with Crippen LogP contribution in [0.3, 0.4) is 0 Å². The zero-order chi connectivity index (χ0) is 16.4. The van der Waals surface area contributed by atoms with Crippen molar-refractivity contribution >= 4 is 23.1 Å². The summed E-state index contributed by atoms with van der Waals surface area (Å²) in [6, 6.07) is 17.3. The Labute approximate surface area is 138 Å². The standard InChI is InChI=1S/C22H23N/c1-5-9-19-20-13-12-17(4)15-22(20)23(21(19)14-16(2)3)18-10-7-6-8-11-18/h5-15H,1-4H3/b9-5-. The average Bonchev–Trinajstić information content (AvgIpc) is 2.81. The number of fused-ring (bicyclic) bond motifs is 1. The zero-order valence-electron chi connectivity index (χ0n) is 14.3. The van der Waals surface area contributed by atoms with Crippen molar-refractivity contribution in [3.8, 4) is 5.69 Å². The van der Waals surface area contributed by atoms with Crippen LogP contribution in [0.2, 0.25) is 0 Å². The molecule has 0 fully saturated rings. The Bertz CT molecular complexity index is 889. The van der Waals surface area contributed by atoms with Crippen LogP contribution in [-0.2, 0) is 0 Å². The van der Waals surface area contributed by atoms with E-state index in [-0.39, 0.29) is 0 Å². The lowest BCUT2D eigenvalue weighted by molar-refractivity contribution is 1.10. The Morgan fingerprint density at radius 1 is 1.00 bits per heavy atom. The molecule has 1 heteroatoms. The van der Waals surface area contributed by atoms with Crippen LogP contribution >= 0.6 is 0 Å². The van der Waals surface area contributed by atoms with Crippen LogP contribution in [0.5, 0.6) is 0 Å². The molecule has 0 spiro atoms. The zero-order valence-corrected chi connectivity index (χ0v) is 14.3. The fraction of sp³-hybridized carbons (Fsp3) is 0.182. The van der Waals surface area contributed by atoms with E-state index in [1.165, 1.54) is 39.0 Å². The van der Waals surface area contributed by atoms with Gasteiger partial charge in [0.15, 0.2) is 0 Å². The highest BCUT2D eigenvalue weighted by molar-refractivity contribution is 5.96. The minimum atomic E-state index is 1.20. The maximum absolute atomic E-state index is 2.37. The van der Waals surface area contributed by atoms with E-state index in [0.717, 1.165) is 0 Å². The quantitative estimate of drug-likeness (QED) is 0.528. The molecule has 0 N–H and O–H groups in total. The topological polar surface area (TPSA) is 4.93 Å². The van der Waals surface area contributed by atoms with Gasteiger partial charge in [0.2, 0.25) is 0 Å². The van der Waals surface area contributed by atoms with Crippen molar-refractivity contribution in [2.75, 3.05) is 0 Å². The second-order valence-electron chi connectivity index (χ2n) is 6.21. The normalized spacial score (nSPS) is 11.3. The lowest BCUT2D eigenvalue weighted by Crippen LogP contribution is -1.97. The van der Waals surface area contributed by atoms with Crippen LogP contribution in [0.15, 0.2) is 60.2 Å². The minimum Gasteiger partial charge on any atom is -0.309 e. The number of aromatic nitrogens is 1. The average molecular weight is 301 g/mol. The van der Waals surface area contributed by atoms with Gasteiger partial charge in [0.05, 0.1) is 11.2 Å². The van der Waals surface area contributed by atoms with E-state index in [1.807, 2.05) is 0 Å². The molecule has 1 aromatic heterocycles. The highest BCUT2D eigenvalue weighted by Crippen LogP contribution is 2.32. The fourth-order valence-electron chi connectivity index (χ4n) is 3.06. The Hall–Kier alpha value is -2.54. The Kier molecular flexibility index (Phi) is 4.20. The molecular weight excluding hydrogens is 278 g/mol. The molecule has 1 heterocycles. The Morgan fingerprint density at radius 3 is 2.39 bits per heavy atom. The molecule has 0 unspecified atom stereocenters. The third-order valence-corrected chi connectivity index (χ3v) is 3.97. The summed E-state index contributed by atoms with van der Waals surface area (Å²) >= 11 is 0. The predicted octanol–water partition coefficient (Wildman–Crippen LogP) is 6.40. The molecule has 23 heavy (non-hydrogen) atoms. The molecule has 0 aliphatic heterocycles. The van der Waals surface area contributed by atoms with Crippen molar-refractivity contribution in [2.45, 2.75) is 27.7 Å². The number of hydrogen-bond acceptors (Lipinski definition) is 0. The SMILES string of the molecule is C/C=C\c1c(C=C(C)C)n(-c2ccccc2)c2cc(C)ccc12. The van der Waals surface area contributed by atoms with E-state index in [4.69, 9.17) is 0 Å². The number of hydrogen-bond donors (Lipinski definition) is 0. The molecule has 0 aliphatic rings. The third kappa shape index (κ3) is 2.87. The summed E-state index contributed by atoms with van der Waals surface area (Å²) in [4.78, 5) is 0. The molecule has 0 bridgehead atoms. The van der Waals surface area contributed by atoms with Crippen molar-refractivity contribution in [1.29, 1.82) is 0 Å². The molecular formula is C22H23N. The van der Waals surface area contributed by atoms with Gasteiger partial charge >= 0.3 is 0 Å². The van der Waals surface area contributed by atoms with Crippen LogP contribution in [0.1, 0.15) is 37.6 Å². The van der Waals surface area contributed by atoms with Gasteiger partial charge in [-0.3, -0.25) is 0 Å². The van der Waals surface area contributed by atoms with Gasteiger partial charge in [-0.05, 0) is 57.5 Å². The second-order valence-corrected chi connectivity index (χ2v) is 6.21. The minimum absolute atomic E-state index is 1.20. The lowest BCUT2D eigenvalue weighted by Gasteiger charge is -2.10. The summed E-state index contributed by atoms with van der Waals surface area (Å²) in [5.41, 5.74) is 7.57. The monoisotopic (exact) mass is 301 g/mol. The first-order valence-corrected chi connectivity index (χ1v) is 8.10. The van der Waals surface area contributed by atoms with E-state index >= 15 is 0 Å². The second kappa shape index (κ2) is 6.29. The van der Waals surface area contributed by atoms with Gasteiger partial charge in [-0.2, -0.15) is 0 Å². The number of para-hydroxylation sites is 1. The maximum atomic E-state index is 2.37. The van der Waals surface area contributed by atoms with E-state index < -0.39 is 0 Å². The Balaban J connectivity index is 2.48. The van der Waals surface area contributed by atoms with E-state index in [9.17, 15) is 0 Å². The summed E-state index contributed by atoms with van der Waals surface area (Å²) in [5.74, 6) is 0. The Morgan fingerprint density at radius 2 is 1.74 bits per heavy atom. The van der Waals surface area contributed by atoms with Crippen molar-refractivity contribution in [3.63, 3.8) is 0 Å². The molecule has 3 aromatic rings. The third-order valence-electron chi connectivity index (χ3n) is 3.97. The van der Waals surface area contributed by atoms with Crippen LogP contribution in [-0.4, -0.2) is 4.57 Å². The highest BCUT2D eigenvalue weighted by Gasteiger charge is 2.15. The molecule has 0 aliphatic carbocycles. The lowest BCUT2D eigenvalue weighted by atomic mass is 10.1. The van der Waals surface area contributed by atoms with Crippen molar-refractivity contribution in [3.05, 3.63) is 77.0 Å². The first-order chi connectivity index (χ1) is 11.1. The number of allylic oxidation sites excluding steroid dienone is 2. The maximum Gasteiger partial charge on any atom is 0.0543 e. The van der Waals surface area contributed by atoms with Crippen LogP contribution in [0.25, 0.3) is 28.7 Å². The highest BCUT2D eigenvalue weighted by atomic mass is 15.0. The molecule has 0 saturated carbocycles. The van der Waals surface area contributed by atoms with E-state index in [2.05, 4.69) is 99.0 Å². The molecule has 0 radical (unpaired) electrons. The van der Waals surface area contributed by atoms with Gasteiger partial charge in [-0.1, -0.05) is 48.1 Å². The van der Waals surface area contributed by atoms with Crippen molar-refractivity contribution in [1.82, 2.24) is 4.57 Å². The van der Waals surface area contributed by atoms with Crippen LogP contribution < -0.4 is 0 Å². The number of rotatable bonds is 3. The predicted molar refractivity (Wildman–Crippen MR) is 102 cm³/mol. The van der Waals surface area contributed by atoms with Crippen LogP contribution in [0, 0.1) is 6.92 Å². The van der Waals surface area contributed by atoms with Crippen molar-refractivity contribution < 1.29 is 0 Å². The fourth-order valence-corrected chi connectivity index (χ4v) is 3.06. The van der Waals surface area contributed by atoms with Gasteiger partial charge in [-0.15, -0.1) is 0 Å². The summed E-state index contributed by atoms with van der Waals surface area (Å²) in [7, 11) is 0. The summed E-state index contributed by atoms with van der Waals surface area (Å²) in [6.45, 7) is 8.53. The smallest absolute Gasteiger partial charge is 0.0543 e. The van der Waals surface area contributed by atoms with Gasteiger partial charge < -0.3 is 4.57 Å². The molecule has 0 atom stereocenters. The number of nitrogens with zero attached hydrogens (tertiary/aromatic N) is 1. The van der Waals surface area contributed by atoms with Gasteiger partial charge in [0.1, 0.15) is 0 Å². The van der Waals surface area contributed by atoms with Gasteiger partial charge in [-0.25, -0.2) is 0 Å². The van der Waals surface area contributed by atoms with Gasteiger partial charge in [0.25, 0.3) is 0 Å². The molecule has 0 amide bonds. The number of benzene rings is 2. The summed E-state index contributed by atoms with van der Waals surface area (Å²) in [6.07, 6.45) is 6.61. The summed E-state index contributed by atoms with van der Waals surface area (Å²) < 4.78 is 2.37. The molecule has 0 saturated heterocycles. The van der Waals surface area contributed by atoms with E-state index in [0.29, 0.717) is 0 Å². The van der Waals surface area contributed by atoms with Gasteiger partial charge in [0, 0.05) is 16.6 Å².